The number of aromatic nitrogens is 1. The lowest BCUT2D eigenvalue weighted by Crippen LogP contribution is -2.22. The van der Waals surface area contributed by atoms with Crippen LogP contribution in [0.1, 0.15) is 31.2 Å². The molecule has 0 aliphatic carbocycles. The molecule has 0 atom stereocenters. The van der Waals surface area contributed by atoms with Crippen LogP contribution >= 0.6 is 0 Å². The van der Waals surface area contributed by atoms with Gasteiger partial charge in [0, 0.05) is 31.4 Å². The van der Waals surface area contributed by atoms with Crippen molar-refractivity contribution in [3.05, 3.63) is 36.2 Å². The van der Waals surface area contributed by atoms with E-state index in [0.29, 0.717) is 19.4 Å². The fourth-order valence-corrected chi connectivity index (χ4v) is 1.56. The van der Waals surface area contributed by atoms with Crippen molar-refractivity contribution in [2.24, 2.45) is 0 Å². The fourth-order valence-electron chi connectivity index (χ4n) is 1.56. The number of hydrogen-bond donors (Lipinski definition) is 3. The van der Waals surface area contributed by atoms with Crippen molar-refractivity contribution in [2.75, 3.05) is 6.54 Å². The van der Waals surface area contributed by atoms with Crippen LogP contribution in [0.25, 0.3) is 6.08 Å². The van der Waals surface area contributed by atoms with Gasteiger partial charge in [-0.05, 0) is 36.6 Å². The molecule has 1 rings (SSSR count). The maximum absolute atomic E-state index is 11.5. The van der Waals surface area contributed by atoms with Gasteiger partial charge in [-0.25, -0.2) is 5.48 Å². The number of carbonyl (C=O) groups excluding carboxylic acids is 2. The lowest BCUT2D eigenvalue weighted by Gasteiger charge is -2.02. The Morgan fingerprint density at radius 2 is 1.95 bits per heavy atom. The first kappa shape index (κ1) is 15.8. The maximum atomic E-state index is 11.5. The average Bonchev–Trinajstić information content (AvgIpc) is 2.49. The second-order valence-corrected chi connectivity index (χ2v) is 4.25. The minimum absolute atomic E-state index is 0.144. The molecule has 2 amide bonds. The largest absolute Gasteiger partial charge is 0.353 e. The van der Waals surface area contributed by atoms with Crippen molar-refractivity contribution in [1.29, 1.82) is 0 Å². The van der Waals surface area contributed by atoms with Gasteiger partial charge in [-0.15, -0.1) is 0 Å². The Morgan fingerprint density at radius 3 is 2.65 bits per heavy atom. The maximum Gasteiger partial charge on any atom is 0.243 e. The van der Waals surface area contributed by atoms with Crippen LogP contribution < -0.4 is 10.8 Å². The lowest BCUT2D eigenvalue weighted by atomic mass is 10.2. The van der Waals surface area contributed by atoms with Crippen molar-refractivity contribution >= 4 is 17.9 Å². The van der Waals surface area contributed by atoms with Crippen LogP contribution in [0, 0.1) is 0 Å². The summed E-state index contributed by atoms with van der Waals surface area (Å²) in [6, 6.07) is 3.63. The highest BCUT2D eigenvalue weighted by Crippen LogP contribution is 2.00. The fraction of sp³-hybridized carbons (Fsp3) is 0.357. The molecule has 0 aliphatic heterocycles. The molecule has 0 radical (unpaired) electrons. The van der Waals surface area contributed by atoms with Gasteiger partial charge in [-0.1, -0.05) is 6.42 Å². The summed E-state index contributed by atoms with van der Waals surface area (Å²) in [7, 11) is 0. The van der Waals surface area contributed by atoms with Crippen LogP contribution in [0.2, 0.25) is 0 Å². The van der Waals surface area contributed by atoms with Crippen molar-refractivity contribution in [3.63, 3.8) is 0 Å². The molecule has 6 nitrogen and oxygen atoms in total. The number of nitrogens with zero attached hydrogens (tertiary/aromatic N) is 1. The smallest absolute Gasteiger partial charge is 0.243 e. The Labute approximate surface area is 117 Å². The van der Waals surface area contributed by atoms with E-state index in [1.807, 2.05) is 12.1 Å². The zero-order chi connectivity index (χ0) is 14.6. The van der Waals surface area contributed by atoms with Gasteiger partial charge in [0.1, 0.15) is 0 Å². The zero-order valence-corrected chi connectivity index (χ0v) is 11.2. The molecule has 0 saturated carbocycles. The van der Waals surface area contributed by atoms with Crippen LogP contribution in [0.3, 0.4) is 0 Å². The first-order chi connectivity index (χ1) is 9.72. The number of nitrogens with one attached hydrogen (secondary N) is 2. The van der Waals surface area contributed by atoms with Gasteiger partial charge in [0.15, 0.2) is 0 Å². The standard InChI is InChI=1S/C14H19N3O3/c18-13(6-5-12-7-10-15-11-8-12)16-9-3-1-2-4-14(19)17-20/h5-8,10-11,20H,1-4,9H2,(H,16,18)(H,17,19)/b6-5+. The molecule has 0 fully saturated rings. The number of pyridine rings is 1. The van der Waals surface area contributed by atoms with Gasteiger partial charge >= 0.3 is 0 Å². The molecule has 6 heteroatoms. The quantitative estimate of drug-likeness (QED) is 0.289. The SMILES string of the molecule is O=C(/C=C/c1ccncc1)NCCCCCC(=O)NO. The summed E-state index contributed by atoms with van der Waals surface area (Å²) in [5.41, 5.74) is 2.51. The second-order valence-electron chi connectivity index (χ2n) is 4.25. The average molecular weight is 277 g/mol. The molecule has 0 bridgehead atoms. The zero-order valence-electron chi connectivity index (χ0n) is 11.2. The van der Waals surface area contributed by atoms with E-state index in [9.17, 15) is 9.59 Å². The number of unbranched alkanes of at least 4 members (excludes halogenated alkanes) is 2. The summed E-state index contributed by atoms with van der Waals surface area (Å²) >= 11 is 0. The summed E-state index contributed by atoms with van der Waals surface area (Å²) in [6.45, 7) is 0.570. The Hall–Kier alpha value is -2.21. The molecule has 0 spiro atoms. The number of hydroxylamine groups is 1. The van der Waals surface area contributed by atoms with Gasteiger partial charge in [-0.3, -0.25) is 19.8 Å². The molecule has 108 valence electrons. The molecule has 1 aromatic rings. The van der Waals surface area contributed by atoms with E-state index < -0.39 is 0 Å². The van der Waals surface area contributed by atoms with E-state index >= 15 is 0 Å². The third kappa shape index (κ3) is 7.27. The molecule has 1 aromatic heterocycles. The van der Waals surface area contributed by atoms with E-state index in [-0.39, 0.29) is 11.8 Å². The molecule has 0 saturated heterocycles. The number of amides is 2. The van der Waals surface area contributed by atoms with Gasteiger partial charge in [-0.2, -0.15) is 0 Å². The summed E-state index contributed by atoms with van der Waals surface area (Å²) < 4.78 is 0. The predicted octanol–water partition coefficient (Wildman–Crippen LogP) is 1.28. The summed E-state index contributed by atoms with van der Waals surface area (Å²) in [6.07, 6.45) is 9.15. The molecule has 0 aromatic carbocycles. The molecule has 0 unspecified atom stereocenters. The molecular weight excluding hydrogens is 258 g/mol. The van der Waals surface area contributed by atoms with Crippen LogP contribution in [0.4, 0.5) is 0 Å². The van der Waals surface area contributed by atoms with Gasteiger partial charge in [0.05, 0.1) is 0 Å². The number of rotatable bonds is 8. The Kier molecular flexibility index (Phi) is 7.67. The molecule has 20 heavy (non-hydrogen) atoms. The predicted molar refractivity (Wildman–Crippen MR) is 74.7 cm³/mol. The summed E-state index contributed by atoms with van der Waals surface area (Å²) in [5.74, 6) is -0.524. The van der Waals surface area contributed by atoms with Gasteiger partial charge in [0.25, 0.3) is 0 Å². The van der Waals surface area contributed by atoms with Crippen LogP contribution in [0.15, 0.2) is 30.6 Å². The Balaban J connectivity index is 2.09. The first-order valence-electron chi connectivity index (χ1n) is 6.51. The third-order valence-electron chi connectivity index (χ3n) is 2.64. The van der Waals surface area contributed by atoms with E-state index in [1.165, 1.54) is 6.08 Å². The highest BCUT2D eigenvalue weighted by molar-refractivity contribution is 5.91. The minimum atomic E-state index is -0.380. The Bertz CT molecular complexity index is 446. The lowest BCUT2D eigenvalue weighted by molar-refractivity contribution is -0.129. The second kappa shape index (κ2) is 9.69. The van der Waals surface area contributed by atoms with Crippen LogP contribution in [0.5, 0.6) is 0 Å². The van der Waals surface area contributed by atoms with Crippen molar-refractivity contribution in [1.82, 2.24) is 15.8 Å². The summed E-state index contributed by atoms with van der Waals surface area (Å²) in [5, 5.41) is 11.1. The first-order valence-corrected chi connectivity index (χ1v) is 6.51. The van der Waals surface area contributed by atoms with Gasteiger partial charge < -0.3 is 5.32 Å². The molecular formula is C14H19N3O3. The normalized spacial score (nSPS) is 10.4. The monoisotopic (exact) mass is 277 g/mol. The number of carbonyl (C=O) groups is 2. The van der Waals surface area contributed by atoms with E-state index in [4.69, 9.17) is 5.21 Å². The highest BCUT2D eigenvalue weighted by atomic mass is 16.5. The summed E-state index contributed by atoms with van der Waals surface area (Å²) in [4.78, 5) is 26.1. The van der Waals surface area contributed by atoms with Crippen molar-refractivity contribution in [2.45, 2.75) is 25.7 Å². The van der Waals surface area contributed by atoms with E-state index in [1.54, 1.807) is 23.9 Å². The Morgan fingerprint density at radius 1 is 1.20 bits per heavy atom. The van der Waals surface area contributed by atoms with E-state index in [0.717, 1.165) is 18.4 Å². The van der Waals surface area contributed by atoms with Crippen LogP contribution in [-0.2, 0) is 9.59 Å². The number of hydrogen-bond acceptors (Lipinski definition) is 4. The topological polar surface area (TPSA) is 91.3 Å². The van der Waals surface area contributed by atoms with Crippen LogP contribution in [-0.4, -0.2) is 28.6 Å². The molecule has 1 heterocycles. The molecule has 3 N–H and O–H groups in total. The van der Waals surface area contributed by atoms with Gasteiger partial charge in [0.2, 0.25) is 11.8 Å². The minimum Gasteiger partial charge on any atom is -0.353 e. The van der Waals surface area contributed by atoms with E-state index in [2.05, 4.69) is 10.3 Å². The molecule has 0 aliphatic rings. The van der Waals surface area contributed by atoms with Crippen molar-refractivity contribution < 1.29 is 14.8 Å². The third-order valence-corrected chi connectivity index (χ3v) is 2.64. The highest BCUT2D eigenvalue weighted by Gasteiger charge is 1.99. The van der Waals surface area contributed by atoms with Crippen molar-refractivity contribution in [3.8, 4) is 0 Å².